The summed E-state index contributed by atoms with van der Waals surface area (Å²) in [7, 11) is -2.92. The molecular weight excluding hydrogens is 216 g/mol. The third kappa shape index (κ3) is 4.30. The number of rotatable bonds is 6. The predicted molar refractivity (Wildman–Crippen MR) is 57.5 cm³/mol. The zero-order valence-corrected chi connectivity index (χ0v) is 9.88. The van der Waals surface area contributed by atoms with Gasteiger partial charge in [-0.2, -0.15) is 0 Å². The van der Waals surface area contributed by atoms with E-state index in [4.69, 9.17) is 4.74 Å². The van der Waals surface area contributed by atoms with Crippen molar-refractivity contribution in [3.8, 4) is 0 Å². The average Bonchev–Trinajstić information content (AvgIpc) is 2.70. The average molecular weight is 234 g/mol. The SMILES string of the molecule is CCS(=O)(=O)CCCC(=O)C1CCOC1. The molecule has 0 bridgehead atoms. The van der Waals surface area contributed by atoms with Crippen molar-refractivity contribution >= 4 is 15.6 Å². The number of carbonyl (C=O) groups excluding carboxylic acids is 1. The number of Topliss-reactive ketones (excluding diaryl/α,β-unsaturated/α-hetero) is 1. The molecule has 15 heavy (non-hydrogen) atoms. The lowest BCUT2D eigenvalue weighted by Crippen LogP contribution is -2.16. The summed E-state index contributed by atoms with van der Waals surface area (Å²) in [5.41, 5.74) is 0. The van der Waals surface area contributed by atoms with Gasteiger partial charge in [-0.1, -0.05) is 6.92 Å². The first-order chi connectivity index (χ1) is 7.05. The molecule has 4 nitrogen and oxygen atoms in total. The predicted octanol–water partition coefficient (Wildman–Crippen LogP) is 0.807. The zero-order valence-electron chi connectivity index (χ0n) is 9.07. The van der Waals surface area contributed by atoms with E-state index in [1.165, 1.54) is 0 Å². The highest BCUT2D eigenvalue weighted by molar-refractivity contribution is 7.91. The lowest BCUT2D eigenvalue weighted by atomic mass is 10.0. The summed E-state index contributed by atoms with van der Waals surface area (Å²) in [6.07, 6.45) is 1.61. The van der Waals surface area contributed by atoms with E-state index in [1.807, 2.05) is 0 Å². The molecular formula is C10H18O4S. The van der Waals surface area contributed by atoms with Gasteiger partial charge in [0.1, 0.15) is 15.6 Å². The Morgan fingerprint density at radius 3 is 2.73 bits per heavy atom. The molecule has 0 aromatic rings. The molecule has 0 amide bonds. The summed E-state index contributed by atoms with van der Waals surface area (Å²) in [5.74, 6) is 0.449. The molecule has 1 heterocycles. The van der Waals surface area contributed by atoms with Gasteiger partial charge in [-0.25, -0.2) is 8.42 Å². The van der Waals surface area contributed by atoms with Crippen LogP contribution in [-0.4, -0.2) is 38.9 Å². The van der Waals surface area contributed by atoms with Gasteiger partial charge in [0.2, 0.25) is 0 Å². The summed E-state index contributed by atoms with van der Waals surface area (Å²) < 4.78 is 27.4. The van der Waals surface area contributed by atoms with Crippen LogP contribution in [0.5, 0.6) is 0 Å². The topological polar surface area (TPSA) is 60.4 Å². The lowest BCUT2D eigenvalue weighted by molar-refractivity contribution is -0.122. The molecule has 0 aromatic heterocycles. The van der Waals surface area contributed by atoms with E-state index in [0.717, 1.165) is 6.42 Å². The smallest absolute Gasteiger partial charge is 0.150 e. The Kier molecular flexibility index (Phi) is 4.73. The van der Waals surface area contributed by atoms with Crippen LogP contribution in [0.2, 0.25) is 0 Å². The minimum Gasteiger partial charge on any atom is -0.381 e. The molecule has 5 heteroatoms. The Bertz CT molecular complexity index is 301. The third-order valence-electron chi connectivity index (χ3n) is 2.70. The van der Waals surface area contributed by atoms with Crippen LogP contribution in [0.15, 0.2) is 0 Å². The Morgan fingerprint density at radius 2 is 2.20 bits per heavy atom. The second-order valence-corrected chi connectivity index (χ2v) is 6.34. The van der Waals surface area contributed by atoms with Crippen molar-refractivity contribution in [2.24, 2.45) is 5.92 Å². The highest BCUT2D eigenvalue weighted by atomic mass is 32.2. The maximum atomic E-state index is 11.5. The summed E-state index contributed by atoms with van der Waals surface area (Å²) >= 11 is 0. The van der Waals surface area contributed by atoms with Gasteiger partial charge in [0, 0.05) is 24.7 Å². The van der Waals surface area contributed by atoms with E-state index < -0.39 is 9.84 Å². The third-order valence-corrected chi connectivity index (χ3v) is 4.49. The summed E-state index contributed by atoms with van der Waals surface area (Å²) in [6, 6.07) is 0. The molecule has 0 aromatic carbocycles. The van der Waals surface area contributed by atoms with Gasteiger partial charge in [0.05, 0.1) is 12.4 Å². The molecule has 1 aliphatic rings. The molecule has 0 aliphatic carbocycles. The van der Waals surface area contributed by atoms with Gasteiger partial charge < -0.3 is 4.74 Å². The molecule has 0 N–H and O–H groups in total. The largest absolute Gasteiger partial charge is 0.381 e. The van der Waals surface area contributed by atoms with E-state index in [9.17, 15) is 13.2 Å². The lowest BCUT2D eigenvalue weighted by Gasteiger charge is -2.05. The van der Waals surface area contributed by atoms with Crippen LogP contribution in [0, 0.1) is 5.92 Å². The number of sulfone groups is 1. The summed E-state index contributed by atoms with van der Waals surface area (Å²) in [4.78, 5) is 11.5. The van der Waals surface area contributed by atoms with Crippen molar-refractivity contribution < 1.29 is 17.9 Å². The number of hydrogen-bond donors (Lipinski definition) is 0. The number of ether oxygens (including phenoxy) is 1. The standard InChI is InChI=1S/C10H18O4S/c1-2-15(12,13)7-3-4-10(11)9-5-6-14-8-9/h9H,2-8H2,1H3. The highest BCUT2D eigenvalue weighted by Crippen LogP contribution is 2.16. The van der Waals surface area contributed by atoms with E-state index >= 15 is 0 Å². The van der Waals surface area contributed by atoms with Crippen molar-refractivity contribution in [3.63, 3.8) is 0 Å². The van der Waals surface area contributed by atoms with E-state index in [1.54, 1.807) is 6.92 Å². The van der Waals surface area contributed by atoms with Crippen molar-refractivity contribution in [2.75, 3.05) is 24.7 Å². The zero-order chi connectivity index (χ0) is 11.3. The first kappa shape index (κ1) is 12.6. The Labute approximate surface area is 90.9 Å². The molecule has 1 atom stereocenters. The molecule has 1 rings (SSSR count). The molecule has 88 valence electrons. The van der Waals surface area contributed by atoms with Crippen molar-refractivity contribution in [1.82, 2.24) is 0 Å². The molecule has 1 fully saturated rings. The number of ketones is 1. The van der Waals surface area contributed by atoms with E-state index in [-0.39, 0.29) is 23.2 Å². The Balaban J connectivity index is 2.22. The quantitative estimate of drug-likeness (QED) is 0.682. The highest BCUT2D eigenvalue weighted by Gasteiger charge is 2.23. The van der Waals surface area contributed by atoms with Gasteiger partial charge in [0.25, 0.3) is 0 Å². The number of hydrogen-bond acceptors (Lipinski definition) is 4. The van der Waals surface area contributed by atoms with Crippen LogP contribution in [0.1, 0.15) is 26.2 Å². The van der Waals surface area contributed by atoms with Crippen LogP contribution in [0.25, 0.3) is 0 Å². The van der Waals surface area contributed by atoms with E-state index in [2.05, 4.69) is 0 Å². The molecule has 0 spiro atoms. The van der Waals surface area contributed by atoms with Gasteiger partial charge >= 0.3 is 0 Å². The normalized spacial score (nSPS) is 21.8. The Hall–Kier alpha value is -0.420. The van der Waals surface area contributed by atoms with Crippen molar-refractivity contribution in [3.05, 3.63) is 0 Å². The van der Waals surface area contributed by atoms with Gasteiger partial charge in [-0.3, -0.25) is 4.79 Å². The first-order valence-corrected chi connectivity index (χ1v) is 7.18. The summed E-state index contributed by atoms with van der Waals surface area (Å²) in [5, 5.41) is 0. The maximum absolute atomic E-state index is 11.5. The van der Waals surface area contributed by atoms with Gasteiger partial charge in [-0.05, 0) is 12.8 Å². The fraction of sp³-hybridized carbons (Fsp3) is 0.900. The van der Waals surface area contributed by atoms with Gasteiger partial charge in [-0.15, -0.1) is 0 Å². The van der Waals surface area contributed by atoms with Crippen molar-refractivity contribution in [1.29, 1.82) is 0 Å². The van der Waals surface area contributed by atoms with Crippen LogP contribution >= 0.6 is 0 Å². The Morgan fingerprint density at radius 1 is 1.47 bits per heavy atom. The van der Waals surface area contributed by atoms with E-state index in [0.29, 0.717) is 26.1 Å². The molecule has 0 radical (unpaired) electrons. The van der Waals surface area contributed by atoms with Crippen LogP contribution < -0.4 is 0 Å². The second kappa shape index (κ2) is 5.61. The fourth-order valence-corrected chi connectivity index (χ4v) is 2.48. The maximum Gasteiger partial charge on any atom is 0.150 e. The van der Waals surface area contributed by atoms with Crippen molar-refractivity contribution in [2.45, 2.75) is 26.2 Å². The number of carbonyl (C=O) groups is 1. The molecule has 1 aliphatic heterocycles. The minimum atomic E-state index is -2.92. The van der Waals surface area contributed by atoms with Crippen LogP contribution in [-0.2, 0) is 19.4 Å². The van der Waals surface area contributed by atoms with Gasteiger partial charge in [0.15, 0.2) is 0 Å². The molecule has 1 saturated heterocycles. The monoisotopic (exact) mass is 234 g/mol. The minimum absolute atomic E-state index is 0.00864. The first-order valence-electron chi connectivity index (χ1n) is 5.36. The summed E-state index contributed by atoms with van der Waals surface area (Å²) in [6.45, 7) is 2.80. The molecule has 0 saturated carbocycles. The molecule has 1 unspecified atom stereocenters. The van der Waals surface area contributed by atoms with Crippen LogP contribution in [0.4, 0.5) is 0 Å². The fourth-order valence-electron chi connectivity index (χ4n) is 1.60. The van der Waals surface area contributed by atoms with Crippen LogP contribution in [0.3, 0.4) is 0 Å². The second-order valence-electron chi connectivity index (χ2n) is 3.87.